The summed E-state index contributed by atoms with van der Waals surface area (Å²) in [5, 5.41) is 0. The molecule has 0 bridgehead atoms. The molecule has 3 heterocycles. The van der Waals surface area contributed by atoms with Crippen LogP contribution in [0.1, 0.15) is 24.0 Å². The molecule has 2 fully saturated rings. The summed E-state index contributed by atoms with van der Waals surface area (Å²) in [6.07, 6.45) is 4.92. The first-order chi connectivity index (χ1) is 17.5. The second kappa shape index (κ2) is 9.85. The van der Waals surface area contributed by atoms with Crippen molar-refractivity contribution in [2.45, 2.75) is 18.9 Å². The Morgan fingerprint density at radius 2 is 1.64 bits per heavy atom. The lowest BCUT2D eigenvalue weighted by molar-refractivity contribution is -0.152. The number of carbonyl (C=O) groups excluding carboxylic acids is 2. The van der Waals surface area contributed by atoms with Crippen molar-refractivity contribution in [2.24, 2.45) is 0 Å². The molecular weight excluding hydrogens is 466 g/mol. The van der Waals surface area contributed by atoms with Crippen molar-refractivity contribution in [1.29, 1.82) is 0 Å². The van der Waals surface area contributed by atoms with Gasteiger partial charge < -0.3 is 33.3 Å². The number of amides is 1. The number of nitrogens with zero attached hydrogens (tertiary/aromatic N) is 1. The molecule has 9 heteroatoms. The number of rotatable bonds is 5. The number of methoxy groups -OCH3 is 3. The summed E-state index contributed by atoms with van der Waals surface area (Å²) in [4.78, 5) is 28.1. The van der Waals surface area contributed by atoms with E-state index in [2.05, 4.69) is 0 Å². The van der Waals surface area contributed by atoms with E-state index in [4.69, 9.17) is 28.4 Å². The Kier molecular flexibility index (Phi) is 6.45. The molecule has 36 heavy (non-hydrogen) atoms. The molecule has 1 amide bonds. The predicted octanol–water partition coefficient (Wildman–Crippen LogP) is 3.46. The summed E-state index contributed by atoms with van der Waals surface area (Å²) >= 11 is 0. The quantitative estimate of drug-likeness (QED) is 0.462. The summed E-state index contributed by atoms with van der Waals surface area (Å²) < 4.78 is 33.0. The zero-order valence-electron chi connectivity index (χ0n) is 20.4. The minimum Gasteiger partial charge on any atom is -0.493 e. The van der Waals surface area contributed by atoms with Crippen molar-refractivity contribution in [3.63, 3.8) is 0 Å². The fourth-order valence-electron chi connectivity index (χ4n) is 4.70. The topological polar surface area (TPSA) is 92.8 Å². The molecule has 0 saturated carbocycles. The van der Waals surface area contributed by atoms with E-state index in [0.29, 0.717) is 58.4 Å². The summed E-state index contributed by atoms with van der Waals surface area (Å²) in [6.45, 7) is 0.607. The van der Waals surface area contributed by atoms with Crippen molar-refractivity contribution in [2.75, 3.05) is 41.3 Å². The Balaban J connectivity index is 1.64. The average Bonchev–Trinajstić information content (AvgIpc) is 3.57. The van der Waals surface area contributed by atoms with Gasteiger partial charge in [-0.1, -0.05) is 6.07 Å². The van der Waals surface area contributed by atoms with E-state index < -0.39 is 6.04 Å². The van der Waals surface area contributed by atoms with E-state index in [1.165, 1.54) is 21.3 Å². The van der Waals surface area contributed by atoms with Gasteiger partial charge in [0.15, 0.2) is 23.0 Å². The van der Waals surface area contributed by atoms with Crippen LogP contribution < -0.4 is 23.7 Å². The van der Waals surface area contributed by atoms with Crippen molar-refractivity contribution in [3.05, 3.63) is 52.6 Å². The van der Waals surface area contributed by atoms with Gasteiger partial charge in [0.25, 0.3) is 5.91 Å². The first kappa shape index (κ1) is 23.6. The lowest BCUT2D eigenvalue weighted by atomic mass is 9.97. The largest absolute Gasteiger partial charge is 0.493 e. The van der Waals surface area contributed by atoms with Gasteiger partial charge in [0.05, 0.1) is 21.3 Å². The predicted molar refractivity (Wildman–Crippen MR) is 130 cm³/mol. The van der Waals surface area contributed by atoms with E-state index in [0.717, 1.165) is 12.0 Å². The molecule has 0 N–H and O–H groups in total. The average molecular weight is 494 g/mol. The van der Waals surface area contributed by atoms with Gasteiger partial charge in [-0.15, -0.1) is 0 Å². The second-order valence-corrected chi connectivity index (χ2v) is 8.56. The third kappa shape index (κ3) is 4.32. The maximum absolute atomic E-state index is 13.8. The smallest absolute Gasteiger partial charge is 0.329 e. The first-order valence-electron chi connectivity index (χ1n) is 11.6. The number of hydrogen-bond donors (Lipinski definition) is 0. The first-order valence-corrected chi connectivity index (χ1v) is 11.6. The molecule has 2 aromatic rings. The molecule has 0 unspecified atom stereocenters. The standard InChI is InChI=1S/C27H27NO8/c1-31-23-12-17(13-24(32-2)25(23)33-3)10-19-18(9-16-6-7-21-22(11-16)36-15-35-21)14-34-27(30)20-5-4-8-28(20)26(19)29/h6-7,9-13,20H,4-5,8,14-15H2,1-3H3/b18-9-,19-10+/t20-/m0/s1. The van der Waals surface area contributed by atoms with E-state index in [1.54, 1.807) is 23.1 Å². The van der Waals surface area contributed by atoms with Crippen molar-refractivity contribution in [1.82, 2.24) is 4.90 Å². The van der Waals surface area contributed by atoms with E-state index in [1.807, 2.05) is 24.3 Å². The van der Waals surface area contributed by atoms with E-state index in [-0.39, 0.29) is 25.3 Å². The van der Waals surface area contributed by atoms with Crippen LogP contribution in [0.5, 0.6) is 28.7 Å². The summed E-state index contributed by atoms with van der Waals surface area (Å²) in [5.74, 6) is 2.05. The molecule has 0 radical (unpaired) electrons. The Hall–Kier alpha value is -4.14. The SMILES string of the molecule is COc1cc(/C=C2/C(=O)N3CCC[C@H]3C(=O)OC/C2=C/c2ccc3c(c2)OCO3)cc(OC)c1OC. The molecule has 1 atom stereocenters. The number of benzene rings is 2. The van der Waals surface area contributed by atoms with Crippen LogP contribution in [0, 0.1) is 0 Å². The van der Waals surface area contributed by atoms with Crippen molar-refractivity contribution >= 4 is 24.0 Å². The Bertz CT molecular complexity index is 1240. The van der Waals surface area contributed by atoms with Crippen molar-refractivity contribution in [3.8, 4) is 28.7 Å². The molecule has 5 rings (SSSR count). The van der Waals surface area contributed by atoms with E-state index >= 15 is 0 Å². The second-order valence-electron chi connectivity index (χ2n) is 8.56. The molecule has 3 aliphatic rings. The Morgan fingerprint density at radius 3 is 2.36 bits per heavy atom. The summed E-state index contributed by atoms with van der Waals surface area (Å²) in [6, 6.07) is 8.47. The van der Waals surface area contributed by atoms with Gasteiger partial charge in [-0.3, -0.25) is 4.79 Å². The van der Waals surface area contributed by atoms with Crippen molar-refractivity contribution < 1.29 is 38.0 Å². The van der Waals surface area contributed by atoms with Gasteiger partial charge in [-0.25, -0.2) is 4.79 Å². The van der Waals surface area contributed by atoms with Gasteiger partial charge in [0.2, 0.25) is 12.5 Å². The maximum Gasteiger partial charge on any atom is 0.329 e. The van der Waals surface area contributed by atoms with Gasteiger partial charge in [-0.2, -0.15) is 0 Å². The highest BCUT2D eigenvalue weighted by molar-refractivity contribution is 6.06. The maximum atomic E-state index is 13.8. The molecule has 9 nitrogen and oxygen atoms in total. The van der Waals surface area contributed by atoms with Crippen LogP contribution in [0.2, 0.25) is 0 Å². The normalized spacial score (nSPS) is 21.2. The number of esters is 1. The minimum atomic E-state index is -0.576. The van der Waals surface area contributed by atoms with Crippen LogP contribution >= 0.6 is 0 Å². The zero-order valence-corrected chi connectivity index (χ0v) is 20.4. The molecule has 188 valence electrons. The third-order valence-corrected chi connectivity index (χ3v) is 6.47. The fraction of sp³-hybridized carbons (Fsp3) is 0.333. The highest BCUT2D eigenvalue weighted by atomic mass is 16.7. The number of ether oxygens (including phenoxy) is 6. The fourth-order valence-corrected chi connectivity index (χ4v) is 4.70. The number of fused-ring (bicyclic) bond motifs is 2. The zero-order chi connectivity index (χ0) is 25.2. The Labute approximate surface area is 208 Å². The minimum absolute atomic E-state index is 0.0421. The van der Waals surface area contributed by atoms with Crippen LogP contribution in [0.15, 0.2) is 41.5 Å². The molecule has 0 spiro atoms. The molecule has 0 aliphatic carbocycles. The molecule has 2 aromatic carbocycles. The third-order valence-electron chi connectivity index (χ3n) is 6.47. The van der Waals surface area contributed by atoms with Gasteiger partial charge in [0.1, 0.15) is 12.6 Å². The van der Waals surface area contributed by atoms with Crippen LogP contribution in [-0.2, 0) is 14.3 Å². The summed E-state index contributed by atoms with van der Waals surface area (Å²) in [5.41, 5.74) is 2.44. The number of hydrogen-bond acceptors (Lipinski definition) is 8. The van der Waals surface area contributed by atoms with Crippen LogP contribution in [0.3, 0.4) is 0 Å². The Morgan fingerprint density at radius 1 is 0.889 bits per heavy atom. The lowest BCUT2D eigenvalue weighted by Gasteiger charge is -2.28. The number of carbonyl (C=O) groups is 2. The molecule has 0 aromatic heterocycles. The van der Waals surface area contributed by atoms with Crippen LogP contribution in [-0.4, -0.2) is 64.1 Å². The van der Waals surface area contributed by atoms with Crippen LogP contribution in [0.25, 0.3) is 12.2 Å². The molecule has 2 saturated heterocycles. The molecular formula is C27H27NO8. The van der Waals surface area contributed by atoms with Gasteiger partial charge >= 0.3 is 5.97 Å². The number of cyclic esters (lactones) is 1. The lowest BCUT2D eigenvalue weighted by Crippen LogP contribution is -2.44. The highest BCUT2D eigenvalue weighted by Crippen LogP contribution is 2.40. The van der Waals surface area contributed by atoms with Gasteiger partial charge in [-0.05, 0) is 60.4 Å². The van der Waals surface area contributed by atoms with E-state index in [9.17, 15) is 9.59 Å². The van der Waals surface area contributed by atoms with Gasteiger partial charge in [0, 0.05) is 17.7 Å². The molecule has 3 aliphatic heterocycles. The van der Waals surface area contributed by atoms with Crippen LogP contribution in [0.4, 0.5) is 0 Å². The highest BCUT2D eigenvalue weighted by Gasteiger charge is 2.39. The monoisotopic (exact) mass is 493 g/mol. The summed E-state index contributed by atoms with van der Waals surface area (Å²) in [7, 11) is 4.60.